The number of para-hydroxylation sites is 1. The van der Waals surface area contributed by atoms with Crippen LogP contribution >= 0.6 is 0 Å². The summed E-state index contributed by atoms with van der Waals surface area (Å²) in [6, 6.07) is 9.79. The molecule has 6 heteroatoms. The Kier molecular flexibility index (Phi) is 3.04. The number of imidazole rings is 1. The lowest BCUT2D eigenvalue weighted by molar-refractivity contribution is 0.0691. The molecule has 1 N–H and O–H groups in total. The Morgan fingerprint density at radius 2 is 2.00 bits per heavy atom. The van der Waals surface area contributed by atoms with E-state index in [0.717, 1.165) is 11.3 Å². The molecule has 3 aromatic rings. The Balaban J connectivity index is 1.78. The molecule has 0 aliphatic heterocycles. The van der Waals surface area contributed by atoms with Crippen LogP contribution in [0.25, 0.3) is 5.69 Å². The second-order valence-electron chi connectivity index (χ2n) is 4.37. The molecule has 0 atom stereocenters. The molecule has 2 heterocycles. The minimum Gasteiger partial charge on any atom is -0.476 e. The van der Waals surface area contributed by atoms with Crippen molar-refractivity contribution in [2.24, 2.45) is 0 Å². The second-order valence-corrected chi connectivity index (χ2v) is 4.37. The molecule has 0 bridgehead atoms. The van der Waals surface area contributed by atoms with Gasteiger partial charge in [-0.1, -0.05) is 18.2 Å². The Morgan fingerprint density at radius 1 is 1.20 bits per heavy atom. The van der Waals surface area contributed by atoms with Gasteiger partial charge in [-0.3, -0.25) is 0 Å². The van der Waals surface area contributed by atoms with E-state index in [1.807, 2.05) is 36.5 Å². The molecular formula is C14H12N4O2. The Labute approximate surface area is 114 Å². The van der Waals surface area contributed by atoms with Crippen molar-refractivity contribution in [3.05, 3.63) is 66.5 Å². The van der Waals surface area contributed by atoms with E-state index in [9.17, 15) is 4.79 Å². The molecule has 0 saturated carbocycles. The highest BCUT2D eigenvalue weighted by Crippen LogP contribution is 2.09. The zero-order valence-corrected chi connectivity index (χ0v) is 10.5. The maximum Gasteiger partial charge on any atom is 0.356 e. The predicted octanol–water partition coefficient (Wildman–Crippen LogP) is 1.82. The second kappa shape index (κ2) is 5.00. The zero-order chi connectivity index (χ0) is 13.9. The standard InChI is InChI=1S/C14H12N4O2/c19-14(20)13-9-17(10-15-13)7-11-6-16-18(8-11)12-4-2-1-3-5-12/h1-6,8-10H,7H2,(H,19,20). The highest BCUT2D eigenvalue weighted by Gasteiger charge is 2.07. The maximum atomic E-state index is 10.8. The number of rotatable bonds is 4. The van der Waals surface area contributed by atoms with Crippen LogP contribution in [0.1, 0.15) is 16.1 Å². The van der Waals surface area contributed by atoms with Crippen LogP contribution in [0.4, 0.5) is 0 Å². The molecule has 0 aliphatic carbocycles. The first-order valence-electron chi connectivity index (χ1n) is 6.06. The first-order valence-corrected chi connectivity index (χ1v) is 6.06. The zero-order valence-electron chi connectivity index (χ0n) is 10.5. The highest BCUT2D eigenvalue weighted by molar-refractivity contribution is 5.84. The fourth-order valence-corrected chi connectivity index (χ4v) is 1.93. The van der Waals surface area contributed by atoms with Crippen molar-refractivity contribution in [1.82, 2.24) is 19.3 Å². The largest absolute Gasteiger partial charge is 0.476 e. The van der Waals surface area contributed by atoms with E-state index in [-0.39, 0.29) is 5.69 Å². The average molecular weight is 268 g/mol. The number of hydrogen-bond donors (Lipinski definition) is 1. The molecule has 20 heavy (non-hydrogen) atoms. The highest BCUT2D eigenvalue weighted by atomic mass is 16.4. The van der Waals surface area contributed by atoms with E-state index >= 15 is 0 Å². The van der Waals surface area contributed by atoms with Gasteiger partial charge in [0.15, 0.2) is 5.69 Å². The Bertz CT molecular complexity index is 730. The van der Waals surface area contributed by atoms with Gasteiger partial charge in [0.05, 0.1) is 24.8 Å². The molecule has 3 rings (SSSR count). The fourth-order valence-electron chi connectivity index (χ4n) is 1.93. The summed E-state index contributed by atoms with van der Waals surface area (Å²) in [5.41, 5.74) is 2.00. The normalized spacial score (nSPS) is 10.6. The maximum absolute atomic E-state index is 10.8. The van der Waals surface area contributed by atoms with Crippen LogP contribution in [-0.2, 0) is 6.54 Å². The Hall–Kier alpha value is -2.89. The lowest BCUT2D eigenvalue weighted by Crippen LogP contribution is -1.98. The van der Waals surface area contributed by atoms with Crippen LogP contribution in [0.3, 0.4) is 0 Å². The topological polar surface area (TPSA) is 72.9 Å². The first kappa shape index (κ1) is 12.2. The molecule has 0 amide bonds. The third kappa shape index (κ3) is 2.44. The lowest BCUT2D eigenvalue weighted by Gasteiger charge is -2.00. The quantitative estimate of drug-likeness (QED) is 0.783. The smallest absolute Gasteiger partial charge is 0.356 e. The van der Waals surface area contributed by atoms with Crippen molar-refractivity contribution >= 4 is 5.97 Å². The summed E-state index contributed by atoms with van der Waals surface area (Å²) in [6.07, 6.45) is 6.68. The number of carboxylic acids is 1. The molecule has 2 aromatic heterocycles. The number of nitrogens with zero attached hydrogens (tertiary/aromatic N) is 4. The van der Waals surface area contributed by atoms with Crippen LogP contribution < -0.4 is 0 Å². The van der Waals surface area contributed by atoms with Gasteiger partial charge in [-0.25, -0.2) is 14.5 Å². The molecule has 100 valence electrons. The molecular weight excluding hydrogens is 256 g/mol. The number of aromatic nitrogens is 4. The summed E-state index contributed by atoms with van der Waals surface area (Å²) in [4.78, 5) is 14.6. The van der Waals surface area contributed by atoms with Crippen LogP contribution in [0.15, 0.2) is 55.2 Å². The first-order chi connectivity index (χ1) is 9.72. The fraction of sp³-hybridized carbons (Fsp3) is 0.0714. The van der Waals surface area contributed by atoms with Gasteiger partial charge in [0, 0.05) is 18.0 Å². The van der Waals surface area contributed by atoms with Crippen molar-refractivity contribution in [1.29, 1.82) is 0 Å². The van der Waals surface area contributed by atoms with Gasteiger partial charge in [0.1, 0.15) is 0 Å². The number of aromatic carboxylic acids is 1. The van der Waals surface area contributed by atoms with Crippen LogP contribution in [0, 0.1) is 0 Å². The summed E-state index contributed by atoms with van der Waals surface area (Å²) >= 11 is 0. The van der Waals surface area contributed by atoms with Gasteiger partial charge in [0.25, 0.3) is 0 Å². The van der Waals surface area contributed by atoms with Gasteiger partial charge in [0.2, 0.25) is 0 Å². The van der Waals surface area contributed by atoms with Crippen molar-refractivity contribution in [2.75, 3.05) is 0 Å². The van der Waals surface area contributed by atoms with Gasteiger partial charge in [-0.15, -0.1) is 0 Å². The monoisotopic (exact) mass is 268 g/mol. The summed E-state index contributed by atoms with van der Waals surface area (Å²) < 4.78 is 3.50. The van der Waals surface area contributed by atoms with Gasteiger partial charge in [-0.2, -0.15) is 5.10 Å². The summed E-state index contributed by atoms with van der Waals surface area (Å²) in [5, 5.41) is 13.1. The van der Waals surface area contributed by atoms with Gasteiger partial charge in [-0.05, 0) is 12.1 Å². The molecule has 0 spiro atoms. The van der Waals surface area contributed by atoms with E-state index in [1.54, 1.807) is 15.4 Å². The van der Waals surface area contributed by atoms with Crippen molar-refractivity contribution < 1.29 is 9.90 Å². The number of benzene rings is 1. The summed E-state index contributed by atoms with van der Waals surface area (Å²) in [6.45, 7) is 0.535. The van der Waals surface area contributed by atoms with Gasteiger partial charge >= 0.3 is 5.97 Å². The number of hydrogen-bond acceptors (Lipinski definition) is 3. The van der Waals surface area contributed by atoms with Crippen LogP contribution in [0.2, 0.25) is 0 Å². The van der Waals surface area contributed by atoms with E-state index < -0.39 is 5.97 Å². The molecule has 0 aliphatic rings. The Morgan fingerprint density at radius 3 is 2.70 bits per heavy atom. The lowest BCUT2D eigenvalue weighted by atomic mass is 10.3. The van der Waals surface area contributed by atoms with Crippen molar-refractivity contribution in [3.8, 4) is 5.69 Å². The summed E-state index contributed by atoms with van der Waals surface area (Å²) in [7, 11) is 0. The van der Waals surface area contributed by atoms with E-state index in [4.69, 9.17) is 5.11 Å². The third-order valence-electron chi connectivity index (χ3n) is 2.87. The molecule has 0 fully saturated rings. The molecule has 1 aromatic carbocycles. The summed E-state index contributed by atoms with van der Waals surface area (Å²) in [5.74, 6) is -1.02. The molecule has 0 unspecified atom stereocenters. The van der Waals surface area contributed by atoms with Crippen molar-refractivity contribution in [3.63, 3.8) is 0 Å². The minimum atomic E-state index is -1.02. The predicted molar refractivity (Wildman–Crippen MR) is 71.9 cm³/mol. The molecule has 0 radical (unpaired) electrons. The van der Waals surface area contributed by atoms with Crippen molar-refractivity contribution in [2.45, 2.75) is 6.54 Å². The average Bonchev–Trinajstić information content (AvgIpc) is 3.10. The SMILES string of the molecule is O=C(O)c1cn(Cc2cnn(-c3ccccc3)c2)cn1. The molecule has 0 saturated heterocycles. The number of carboxylic acid groups (broad SMARTS) is 1. The minimum absolute atomic E-state index is 0.0421. The van der Waals surface area contributed by atoms with E-state index in [0.29, 0.717) is 6.54 Å². The molecule has 6 nitrogen and oxygen atoms in total. The van der Waals surface area contributed by atoms with E-state index in [1.165, 1.54) is 12.5 Å². The third-order valence-corrected chi connectivity index (χ3v) is 2.87. The number of carbonyl (C=O) groups is 1. The van der Waals surface area contributed by atoms with Gasteiger partial charge < -0.3 is 9.67 Å². The van der Waals surface area contributed by atoms with Crippen LogP contribution in [0.5, 0.6) is 0 Å². The van der Waals surface area contributed by atoms with Crippen LogP contribution in [-0.4, -0.2) is 30.4 Å². The van der Waals surface area contributed by atoms with E-state index in [2.05, 4.69) is 10.1 Å².